The molecule has 0 spiro atoms. The number of rotatable bonds is 2. The van der Waals surface area contributed by atoms with Gasteiger partial charge in [-0.2, -0.15) is 0 Å². The summed E-state index contributed by atoms with van der Waals surface area (Å²) in [5.74, 6) is 1.86. The summed E-state index contributed by atoms with van der Waals surface area (Å²) < 4.78 is 6.59. The molecule has 2 aliphatic rings. The van der Waals surface area contributed by atoms with E-state index in [1.54, 1.807) is 0 Å². The average Bonchev–Trinajstić information content (AvgIpc) is 3.16. The average molecular weight is 465 g/mol. The van der Waals surface area contributed by atoms with E-state index in [4.69, 9.17) is 4.74 Å². The van der Waals surface area contributed by atoms with Gasteiger partial charge in [0.05, 0.1) is 5.41 Å². The Hall–Kier alpha value is -4.10. The van der Waals surface area contributed by atoms with Crippen molar-refractivity contribution in [3.63, 3.8) is 0 Å². The van der Waals surface area contributed by atoms with E-state index in [2.05, 4.69) is 136 Å². The minimum absolute atomic E-state index is 0.0391. The van der Waals surface area contributed by atoms with Crippen LogP contribution in [-0.4, -0.2) is 0 Å². The van der Waals surface area contributed by atoms with Gasteiger partial charge in [0, 0.05) is 16.5 Å². The van der Waals surface area contributed by atoms with E-state index in [9.17, 15) is 0 Å². The fraction of sp³-hybridized carbons (Fsp3) is 0.143. The van der Waals surface area contributed by atoms with Crippen LogP contribution >= 0.6 is 0 Å². The molecule has 1 unspecified atom stereocenters. The fourth-order valence-electron chi connectivity index (χ4n) is 6.63. The molecule has 1 atom stereocenters. The first-order valence-corrected chi connectivity index (χ1v) is 12.7. The topological polar surface area (TPSA) is 9.23 Å². The van der Waals surface area contributed by atoms with Crippen LogP contribution in [0.1, 0.15) is 48.6 Å². The third-order valence-corrected chi connectivity index (χ3v) is 8.42. The van der Waals surface area contributed by atoms with Crippen LogP contribution in [0, 0.1) is 0 Å². The Kier molecular flexibility index (Phi) is 4.39. The molecule has 0 radical (unpaired) electrons. The molecule has 1 heterocycles. The second-order valence-electron chi connectivity index (χ2n) is 10.7. The Morgan fingerprint density at radius 3 is 1.89 bits per heavy atom. The SMILES string of the molecule is CC1(C)c2ccccc2-c2c(-c3cccc4c3C(C)(c3ccccc3)c3ccccc3O4)cccc21. The molecule has 1 aliphatic carbocycles. The van der Waals surface area contributed by atoms with Gasteiger partial charge in [0.1, 0.15) is 11.5 Å². The van der Waals surface area contributed by atoms with Crippen LogP contribution < -0.4 is 4.74 Å². The molecule has 174 valence electrons. The fourth-order valence-corrected chi connectivity index (χ4v) is 6.63. The predicted molar refractivity (Wildman–Crippen MR) is 148 cm³/mol. The molecule has 1 aliphatic heterocycles. The summed E-state index contributed by atoms with van der Waals surface area (Å²) in [6.07, 6.45) is 0. The first-order valence-electron chi connectivity index (χ1n) is 12.7. The second kappa shape index (κ2) is 7.45. The van der Waals surface area contributed by atoms with Gasteiger partial charge in [-0.15, -0.1) is 0 Å². The summed E-state index contributed by atoms with van der Waals surface area (Å²) in [6, 6.07) is 41.6. The lowest BCUT2D eigenvalue weighted by Crippen LogP contribution is -2.30. The van der Waals surface area contributed by atoms with E-state index in [0.717, 1.165) is 11.5 Å². The van der Waals surface area contributed by atoms with Crippen molar-refractivity contribution in [2.45, 2.75) is 31.6 Å². The lowest BCUT2D eigenvalue weighted by molar-refractivity contribution is 0.428. The Labute approximate surface area is 213 Å². The molecule has 0 fully saturated rings. The Balaban J connectivity index is 1.58. The quantitative estimate of drug-likeness (QED) is 0.253. The molecule has 0 amide bonds. The van der Waals surface area contributed by atoms with Gasteiger partial charge in [-0.3, -0.25) is 0 Å². The monoisotopic (exact) mass is 464 g/mol. The zero-order valence-corrected chi connectivity index (χ0v) is 20.9. The van der Waals surface area contributed by atoms with Crippen molar-refractivity contribution >= 4 is 0 Å². The molecular weight excluding hydrogens is 436 g/mol. The van der Waals surface area contributed by atoms with E-state index in [0.29, 0.717) is 0 Å². The highest BCUT2D eigenvalue weighted by Crippen LogP contribution is 2.57. The number of hydrogen-bond acceptors (Lipinski definition) is 1. The summed E-state index contributed by atoms with van der Waals surface area (Å²) in [5.41, 5.74) is 11.3. The standard InChI is InChI=1S/C35H28O/c1-34(2)27-18-8-7-15-26(27)32-24(16-11-20-29(32)34)25-17-12-22-31-33(25)35(3,23-13-5-4-6-14-23)28-19-9-10-21-30(28)36-31/h4-22H,1-3H3. The Bertz CT molecular complexity index is 1640. The number of hydrogen-bond donors (Lipinski definition) is 0. The molecule has 5 aromatic rings. The van der Waals surface area contributed by atoms with Gasteiger partial charge in [0.15, 0.2) is 0 Å². The first kappa shape index (κ1) is 21.2. The van der Waals surface area contributed by atoms with Gasteiger partial charge in [-0.1, -0.05) is 117 Å². The number of benzene rings is 5. The molecule has 0 bridgehead atoms. The van der Waals surface area contributed by atoms with E-state index in [1.807, 2.05) is 0 Å². The minimum Gasteiger partial charge on any atom is -0.457 e. The molecule has 0 saturated carbocycles. The number of ether oxygens (including phenoxy) is 1. The summed E-state index contributed by atoms with van der Waals surface area (Å²) in [4.78, 5) is 0. The van der Waals surface area contributed by atoms with Gasteiger partial charge < -0.3 is 4.74 Å². The van der Waals surface area contributed by atoms with Gasteiger partial charge in [0.25, 0.3) is 0 Å². The predicted octanol–water partition coefficient (Wildman–Crippen LogP) is 9.12. The summed E-state index contributed by atoms with van der Waals surface area (Å²) >= 11 is 0. The molecule has 1 heteroatoms. The minimum atomic E-state index is -0.363. The van der Waals surface area contributed by atoms with Crippen molar-refractivity contribution < 1.29 is 4.74 Å². The number of para-hydroxylation sites is 1. The van der Waals surface area contributed by atoms with Crippen molar-refractivity contribution in [1.82, 2.24) is 0 Å². The molecule has 1 nitrogen and oxygen atoms in total. The van der Waals surface area contributed by atoms with Crippen LogP contribution in [0.4, 0.5) is 0 Å². The molecule has 36 heavy (non-hydrogen) atoms. The molecule has 0 N–H and O–H groups in total. The maximum atomic E-state index is 6.59. The van der Waals surface area contributed by atoms with E-state index in [-0.39, 0.29) is 10.8 Å². The van der Waals surface area contributed by atoms with Crippen molar-refractivity contribution in [2.75, 3.05) is 0 Å². The molecule has 7 rings (SSSR count). The van der Waals surface area contributed by atoms with Gasteiger partial charge in [-0.05, 0) is 58.0 Å². The van der Waals surface area contributed by atoms with Crippen LogP contribution in [0.5, 0.6) is 11.5 Å². The maximum absolute atomic E-state index is 6.59. The van der Waals surface area contributed by atoms with Crippen LogP contribution in [0.3, 0.4) is 0 Å². The summed E-state index contributed by atoms with van der Waals surface area (Å²) in [6.45, 7) is 7.04. The van der Waals surface area contributed by atoms with Gasteiger partial charge >= 0.3 is 0 Å². The highest BCUT2D eigenvalue weighted by molar-refractivity contribution is 5.94. The Morgan fingerprint density at radius 1 is 0.472 bits per heavy atom. The van der Waals surface area contributed by atoms with E-state index in [1.165, 1.54) is 50.1 Å². The van der Waals surface area contributed by atoms with Crippen molar-refractivity contribution in [3.8, 4) is 33.8 Å². The van der Waals surface area contributed by atoms with Crippen LogP contribution in [0.25, 0.3) is 22.3 Å². The van der Waals surface area contributed by atoms with Crippen molar-refractivity contribution in [3.05, 3.63) is 143 Å². The lowest BCUT2D eigenvalue weighted by Gasteiger charge is -2.39. The highest BCUT2D eigenvalue weighted by Gasteiger charge is 2.43. The van der Waals surface area contributed by atoms with Gasteiger partial charge in [0.2, 0.25) is 0 Å². The van der Waals surface area contributed by atoms with E-state index < -0.39 is 0 Å². The van der Waals surface area contributed by atoms with Crippen LogP contribution in [0.15, 0.2) is 115 Å². The molecular formula is C35H28O. The van der Waals surface area contributed by atoms with Crippen molar-refractivity contribution in [2.24, 2.45) is 0 Å². The Morgan fingerprint density at radius 2 is 1.06 bits per heavy atom. The maximum Gasteiger partial charge on any atom is 0.132 e. The summed E-state index contributed by atoms with van der Waals surface area (Å²) in [5, 5.41) is 0. The van der Waals surface area contributed by atoms with Gasteiger partial charge in [-0.25, -0.2) is 0 Å². The molecule has 5 aromatic carbocycles. The normalized spacial score (nSPS) is 18.4. The highest BCUT2D eigenvalue weighted by atomic mass is 16.5. The second-order valence-corrected chi connectivity index (χ2v) is 10.7. The molecule has 0 saturated heterocycles. The third-order valence-electron chi connectivity index (χ3n) is 8.42. The number of fused-ring (bicyclic) bond motifs is 5. The third kappa shape index (κ3) is 2.72. The van der Waals surface area contributed by atoms with Crippen LogP contribution in [0.2, 0.25) is 0 Å². The van der Waals surface area contributed by atoms with Crippen molar-refractivity contribution in [1.29, 1.82) is 0 Å². The van der Waals surface area contributed by atoms with E-state index >= 15 is 0 Å². The largest absolute Gasteiger partial charge is 0.457 e. The zero-order chi connectivity index (χ0) is 24.5. The van der Waals surface area contributed by atoms with Crippen LogP contribution in [-0.2, 0) is 10.8 Å². The summed E-state index contributed by atoms with van der Waals surface area (Å²) in [7, 11) is 0. The molecule has 0 aromatic heterocycles. The zero-order valence-electron chi connectivity index (χ0n) is 20.9. The smallest absolute Gasteiger partial charge is 0.132 e. The first-order chi connectivity index (χ1) is 17.5. The lowest BCUT2D eigenvalue weighted by atomic mass is 9.67.